The first-order valence-corrected chi connectivity index (χ1v) is 4.39. The van der Waals surface area contributed by atoms with Crippen LogP contribution in [-0.2, 0) is 14.3 Å². The second-order valence-electron chi connectivity index (χ2n) is 2.90. The third-order valence-electron chi connectivity index (χ3n) is 1.60. The van der Waals surface area contributed by atoms with Crippen LogP contribution in [0.4, 0.5) is 13.2 Å². The number of esters is 1. The second-order valence-corrected chi connectivity index (χ2v) is 2.90. The fourth-order valence-electron chi connectivity index (χ4n) is 0.763. The van der Waals surface area contributed by atoms with Gasteiger partial charge in [-0.25, -0.2) is 4.79 Å². The number of alkyl halides is 3. The molecule has 0 aromatic carbocycles. The van der Waals surface area contributed by atoms with E-state index in [0.29, 0.717) is 13.2 Å². The number of carbonyl (C=O) groups is 2. The second kappa shape index (κ2) is 5.53. The van der Waals surface area contributed by atoms with Crippen LogP contribution < -0.4 is 0 Å². The molecule has 0 aromatic rings. The van der Waals surface area contributed by atoms with Crippen LogP contribution >= 0.6 is 0 Å². The smallest absolute Gasteiger partial charge is 0.462 e. The zero-order valence-corrected chi connectivity index (χ0v) is 9.09. The van der Waals surface area contributed by atoms with E-state index < -0.39 is 23.6 Å². The maximum absolute atomic E-state index is 12.1. The van der Waals surface area contributed by atoms with E-state index in [9.17, 15) is 22.8 Å². The van der Waals surface area contributed by atoms with Crippen molar-refractivity contribution in [1.29, 1.82) is 0 Å². The Labute approximate surface area is 90.7 Å². The summed E-state index contributed by atoms with van der Waals surface area (Å²) < 4.78 is 40.9. The number of carbonyl (C=O) groups excluding carboxylic acids is 2. The molecule has 4 nitrogen and oxygen atoms in total. The summed E-state index contributed by atoms with van der Waals surface area (Å²) in [6.45, 7) is 2.47. The highest BCUT2D eigenvalue weighted by Gasteiger charge is 2.33. The van der Waals surface area contributed by atoms with Crippen LogP contribution in [0.5, 0.6) is 0 Å². The summed E-state index contributed by atoms with van der Waals surface area (Å²) in [5, 5.41) is 0. The van der Waals surface area contributed by atoms with E-state index in [2.05, 4.69) is 4.74 Å². The molecule has 0 saturated carbocycles. The van der Waals surface area contributed by atoms with Gasteiger partial charge in [0.2, 0.25) is 0 Å². The third-order valence-corrected chi connectivity index (χ3v) is 1.60. The highest BCUT2D eigenvalue weighted by atomic mass is 19.4. The predicted octanol–water partition coefficient (Wildman–Crippen LogP) is 1.47. The minimum atomic E-state index is -4.65. The molecule has 0 amide bonds. The van der Waals surface area contributed by atoms with E-state index in [4.69, 9.17) is 0 Å². The van der Waals surface area contributed by atoms with Gasteiger partial charge in [0.15, 0.2) is 5.78 Å². The summed E-state index contributed by atoms with van der Waals surface area (Å²) in [5.74, 6) is -1.85. The molecule has 92 valence electrons. The number of hydrogen-bond donors (Lipinski definition) is 0. The zero-order chi connectivity index (χ0) is 12.9. The van der Waals surface area contributed by atoms with Crippen molar-refractivity contribution in [2.45, 2.75) is 20.1 Å². The van der Waals surface area contributed by atoms with Gasteiger partial charge in [-0.1, -0.05) is 0 Å². The Morgan fingerprint density at radius 2 is 1.88 bits per heavy atom. The maximum Gasteiger partial charge on any atom is 0.484 e. The van der Waals surface area contributed by atoms with Crippen molar-refractivity contribution in [2.75, 3.05) is 13.7 Å². The summed E-state index contributed by atoms with van der Waals surface area (Å²) in [7, 11) is 0.697. The number of hydrogen-bond acceptors (Lipinski definition) is 4. The molecule has 0 aliphatic rings. The van der Waals surface area contributed by atoms with Crippen molar-refractivity contribution in [3.05, 3.63) is 11.8 Å². The highest BCUT2D eigenvalue weighted by molar-refractivity contribution is 6.16. The number of halogens is 3. The zero-order valence-electron chi connectivity index (χ0n) is 9.09. The Balaban J connectivity index is 5.00. The van der Waals surface area contributed by atoms with Crippen LogP contribution in [-0.4, -0.2) is 36.6 Å². The van der Waals surface area contributed by atoms with Crippen LogP contribution in [0.2, 0.25) is 0 Å². The molecule has 0 aliphatic carbocycles. The Morgan fingerprint density at radius 1 is 1.38 bits per heavy atom. The number of Topliss-reactive ketones (excluding diaryl/α,β-unsaturated/α-hetero) is 1. The van der Waals surface area contributed by atoms with Crippen LogP contribution in [0.1, 0.15) is 13.8 Å². The fourth-order valence-corrected chi connectivity index (χ4v) is 0.763. The summed E-state index contributed by atoms with van der Waals surface area (Å²) in [6.07, 6.45) is -4.23. The topological polar surface area (TPSA) is 46.6 Å². The Hall–Kier alpha value is -1.53. The van der Waals surface area contributed by atoms with Crippen molar-refractivity contribution in [3.8, 4) is 0 Å². The Bertz CT molecular complexity index is 310. The quantitative estimate of drug-likeness (QED) is 0.245. The van der Waals surface area contributed by atoms with E-state index in [1.807, 2.05) is 0 Å². The molecule has 16 heavy (non-hydrogen) atoms. The van der Waals surface area contributed by atoms with Gasteiger partial charge in [-0.15, -0.1) is 0 Å². The average molecular weight is 239 g/mol. The lowest BCUT2D eigenvalue weighted by molar-refractivity contribution is -0.219. The molecule has 0 unspecified atom stereocenters. The normalized spacial score (nSPS) is 12.2. The van der Waals surface area contributed by atoms with E-state index in [1.165, 1.54) is 6.92 Å². The lowest BCUT2D eigenvalue weighted by Crippen LogP contribution is -2.31. The van der Waals surface area contributed by atoms with Crippen LogP contribution in [0.25, 0.3) is 0 Å². The molecule has 0 rings (SSSR count). The molecule has 0 spiro atoms. The number of ketones is 1. The first-order valence-electron chi connectivity index (χ1n) is 4.39. The van der Waals surface area contributed by atoms with Crippen molar-refractivity contribution in [3.63, 3.8) is 0 Å². The van der Waals surface area contributed by atoms with E-state index in [1.54, 1.807) is 0 Å². The first kappa shape index (κ1) is 14.5. The van der Waals surface area contributed by atoms with Crippen molar-refractivity contribution >= 4 is 11.8 Å². The van der Waals surface area contributed by atoms with Gasteiger partial charge in [0.1, 0.15) is 5.57 Å². The molecule has 7 heteroatoms. The van der Waals surface area contributed by atoms with Gasteiger partial charge in [0, 0.05) is 13.2 Å². The fraction of sp³-hybridized carbons (Fsp3) is 0.556. The van der Waals surface area contributed by atoms with E-state index >= 15 is 0 Å². The molecular formula is C9H12F3NO3. The Morgan fingerprint density at radius 3 is 2.19 bits per heavy atom. The lowest BCUT2D eigenvalue weighted by atomic mass is 10.2. The maximum atomic E-state index is 12.1. The molecule has 0 aromatic heterocycles. The van der Waals surface area contributed by atoms with Crippen LogP contribution in [0.15, 0.2) is 11.8 Å². The SMILES string of the molecule is CCOC(=O)C(=CN(C)C(F)(F)F)C(C)=O. The summed E-state index contributed by atoms with van der Waals surface area (Å²) in [4.78, 5) is 21.9. The van der Waals surface area contributed by atoms with Gasteiger partial charge in [-0.3, -0.25) is 9.69 Å². The van der Waals surface area contributed by atoms with Crippen molar-refractivity contribution in [1.82, 2.24) is 4.90 Å². The molecule has 0 aliphatic heterocycles. The molecule has 0 fully saturated rings. The predicted molar refractivity (Wildman–Crippen MR) is 49.2 cm³/mol. The third kappa shape index (κ3) is 4.33. The van der Waals surface area contributed by atoms with Gasteiger partial charge in [0.05, 0.1) is 6.61 Å². The number of ether oxygens (including phenoxy) is 1. The standard InChI is InChI=1S/C9H12F3NO3/c1-4-16-8(15)7(6(2)14)5-13(3)9(10,11)12/h5H,4H2,1-3H3. The van der Waals surface area contributed by atoms with Gasteiger partial charge in [0.25, 0.3) is 0 Å². The molecule has 0 radical (unpaired) electrons. The molecule has 0 heterocycles. The minimum Gasteiger partial charge on any atom is -0.462 e. The molecular weight excluding hydrogens is 227 g/mol. The van der Waals surface area contributed by atoms with Gasteiger partial charge in [-0.2, -0.15) is 13.2 Å². The largest absolute Gasteiger partial charge is 0.484 e. The Kier molecular flexibility index (Phi) is 5.00. The van der Waals surface area contributed by atoms with Gasteiger partial charge < -0.3 is 4.74 Å². The summed E-state index contributed by atoms with van der Waals surface area (Å²) >= 11 is 0. The van der Waals surface area contributed by atoms with Gasteiger partial charge >= 0.3 is 12.3 Å². The molecule has 0 atom stereocenters. The summed E-state index contributed by atoms with van der Waals surface area (Å²) in [6, 6.07) is 0. The molecule has 0 N–H and O–H groups in total. The first-order chi connectivity index (χ1) is 7.20. The van der Waals surface area contributed by atoms with E-state index in [-0.39, 0.29) is 11.5 Å². The van der Waals surface area contributed by atoms with Crippen LogP contribution in [0, 0.1) is 0 Å². The minimum absolute atomic E-state index is 0.0147. The molecule has 0 bridgehead atoms. The molecule has 0 saturated heterocycles. The van der Waals surface area contributed by atoms with E-state index in [0.717, 1.165) is 6.92 Å². The van der Waals surface area contributed by atoms with Gasteiger partial charge in [-0.05, 0) is 13.8 Å². The average Bonchev–Trinajstić information content (AvgIpc) is 2.11. The monoisotopic (exact) mass is 239 g/mol. The van der Waals surface area contributed by atoms with Crippen molar-refractivity contribution in [2.24, 2.45) is 0 Å². The summed E-state index contributed by atoms with van der Waals surface area (Å²) in [5.41, 5.74) is -0.637. The lowest BCUT2D eigenvalue weighted by Gasteiger charge is -2.18. The number of nitrogens with zero attached hydrogens (tertiary/aromatic N) is 1. The number of rotatable bonds is 4. The highest BCUT2D eigenvalue weighted by Crippen LogP contribution is 2.20. The van der Waals surface area contributed by atoms with Crippen molar-refractivity contribution < 1.29 is 27.5 Å². The van der Waals surface area contributed by atoms with Crippen LogP contribution in [0.3, 0.4) is 0 Å².